The average Bonchev–Trinajstić information content (AvgIpc) is 3.33. The van der Waals surface area contributed by atoms with E-state index in [4.69, 9.17) is 15.6 Å². The summed E-state index contributed by atoms with van der Waals surface area (Å²) in [6, 6.07) is 14.0. The van der Waals surface area contributed by atoms with Crippen molar-refractivity contribution < 1.29 is 37.8 Å². The number of carboxylic acid groups (broad SMARTS) is 2. The molecule has 0 unspecified atom stereocenters. The Balaban J connectivity index is 0.000000708. The third-order valence-corrected chi connectivity index (χ3v) is 7.16. The quantitative estimate of drug-likeness (QED) is 0.279. The van der Waals surface area contributed by atoms with Gasteiger partial charge in [0.15, 0.2) is 0 Å². The van der Waals surface area contributed by atoms with E-state index in [2.05, 4.69) is 45.4 Å². The van der Waals surface area contributed by atoms with Crippen molar-refractivity contribution in [3.8, 4) is 0 Å². The van der Waals surface area contributed by atoms with E-state index in [0.717, 1.165) is 32.5 Å². The molecule has 222 valence electrons. The highest BCUT2D eigenvalue weighted by molar-refractivity contribution is 7.98. The SMILES string of the molecule is CSCC[C@H](NC(=O)CN(Cc1cccc2ccccc12)C[C@@H]1CCCN1CCN)C(=O)O.O=C(O)C(F)(F)F. The van der Waals surface area contributed by atoms with Gasteiger partial charge in [0.05, 0.1) is 6.54 Å². The molecule has 0 saturated carbocycles. The van der Waals surface area contributed by atoms with Crippen molar-refractivity contribution in [3.63, 3.8) is 0 Å². The number of halogens is 3. The lowest BCUT2D eigenvalue weighted by Gasteiger charge is -2.31. The van der Waals surface area contributed by atoms with E-state index in [9.17, 15) is 27.9 Å². The van der Waals surface area contributed by atoms with Crippen molar-refractivity contribution in [2.75, 3.05) is 44.7 Å². The molecule has 1 fully saturated rings. The number of hydrogen-bond donors (Lipinski definition) is 4. The largest absolute Gasteiger partial charge is 0.490 e. The summed E-state index contributed by atoms with van der Waals surface area (Å²) < 4.78 is 31.7. The van der Waals surface area contributed by atoms with Crippen LogP contribution in [0.2, 0.25) is 0 Å². The van der Waals surface area contributed by atoms with Crippen LogP contribution in [-0.4, -0.2) is 101 Å². The Kier molecular flexibility index (Phi) is 13.7. The lowest BCUT2D eigenvalue weighted by atomic mass is 10.0. The second kappa shape index (κ2) is 16.4. The van der Waals surface area contributed by atoms with Crippen LogP contribution in [0.1, 0.15) is 24.8 Å². The van der Waals surface area contributed by atoms with Crippen molar-refractivity contribution >= 4 is 40.4 Å². The zero-order valence-electron chi connectivity index (χ0n) is 22.4. The van der Waals surface area contributed by atoms with Gasteiger partial charge in [-0.1, -0.05) is 42.5 Å². The number of nitrogens with one attached hydrogen (secondary N) is 1. The molecule has 1 heterocycles. The van der Waals surface area contributed by atoms with Crippen LogP contribution in [0.15, 0.2) is 42.5 Å². The number of amides is 1. The molecular formula is C27H37F3N4O5S. The lowest BCUT2D eigenvalue weighted by molar-refractivity contribution is -0.192. The first-order valence-corrected chi connectivity index (χ1v) is 14.3. The van der Waals surface area contributed by atoms with Crippen molar-refractivity contribution in [2.45, 2.75) is 44.1 Å². The maximum absolute atomic E-state index is 12.9. The van der Waals surface area contributed by atoms with E-state index in [1.807, 2.05) is 18.4 Å². The number of alkyl halides is 3. The van der Waals surface area contributed by atoms with Crippen LogP contribution in [0.25, 0.3) is 10.8 Å². The summed E-state index contributed by atoms with van der Waals surface area (Å²) in [4.78, 5) is 38.0. The number of carbonyl (C=O) groups excluding carboxylic acids is 1. The highest BCUT2D eigenvalue weighted by Crippen LogP contribution is 2.22. The molecule has 0 bridgehead atoms. The standard InChI is InChI=1S/C25H36N4O3S.C2HF3O2/c1-33-15-11-23(25(31)32)27-24(30)18-28(17-21-9-5-13-29(21)14-12-26)16-20-8-4-7-19-6-2-3-10-22(19)20;3-2(4,5)1(6)7/h2-4,6-8,10,21,23H,5,9,11-18,26H2,1H3,(H,27,30)(H,31,32);(H,6,7)/t21-,23-;/m0./s1. The predicted octanol–water partition coefficient (Wildman–Crippen LogP) is 3.02. The number of benzene rings is 2. The Bertz CT molecular complexity index is 1120. The Morgan fingerprint density at radius 3 is 2.48 bits per heavy atom. The molecule has 2 aromatic rings. The molecule has 0 aromatic heterocycles. The highest BCUT2D eigenvalue weighted by atomic mass is 32.2. The summed E-state index contributed by atoms with van der Waals surface area (Å²) in [5.41, 5.74) is 6.98. The summed E-state index contributed by atoms with van der Waals surface area (Å²) in [7, 11) is 0. The van der Waals surface area contributed by atoms with Crippen molar-refractivity contribution in [1.29, 1.82) is 0 Å². The van der Waals surface area contributed by atoms with Gasteiger partial charge in [-0.25, -0.2) is 9.59 Å². The maximum atomic E-state index is 12.9. The Morgan fingerprint density at radius 2 is 1.85 bits per heavy atom. The number of rotatable bonds is 13. The van der Waals surface area contributed by atoms with Gasteiger partial charge in [0.2, 0.25) is 5.91 Å². The molecule has 2 atom stereocenters. The molecule has 9 nitrogen and oxygen atoms in total. The first-order chi connectivity index (χ1) is 19.0. The molecule has 1 amide bonds. The number of nitrogens with zero attached hydrogens (tertiary/aromatic N) is 2. The second-order valence-electron chi connectivity index (χ2n) is 9.47. The van der Waals surface area contributed by atoms with E-state index in [0.29, 0.717) is 31.3 Å². The van der Waals surface area contributed by atoms with Crippen LogP contribution in [0.4, 0.5) is 13.2 Å². The highest BCUT2D eigenvalue weighted by Gasteiger charge is 2.38. The average molecular weight is 587 g/mol. The van der Waals surface area contributed by atoms with Crippen molar-refractivity contribution in [3.05, 3.63) is 48.0 Å². The number of thioether (sulfide) groups is 1. The molecule has 1 aliphatic heterocycles. The van der Waals surface area contributed by atoms with Crippen molar-refractivity contribution in [2.24, 2.45) is 5.73 Å². The number of hydrogen-bond acceptors (Lipinski definition) is 7. The number of nitrogens with two attached hydrogens (primary N) is 1. The summed E-state index contributed by atoms with van der Waals surface area (Å²) in [5.74, 6) is -3.30. The van der Waals surface area contributed by atoms with Crippen LogP contribution in [0, 0.1) is 0 Å². The minimum absolute atomic E-state index is 0.166. The molecule has 0 radical (unpaired) electrons. The van der Waals surface area contributed by atoms with Gasteiger partial charge in [0.25, 0.3) is 0 Å². The topological polar surface area (TPSA) is 136 Å². The van der Waals surface area contributed by atoms with Crippen LogP contribution >= 0.6 is 11.8 Å². The van der Waals surface area contributed by atoms with Crippen LogP contribution < -0.4 is 11.1 Å². The molecule has 3 rings (SSSR count). The van der Waals surface area contributed by atoms with Crippen molar-refractivity contribution in [1.82, 2.24) is 15.1 Å². The lowest BCUT2D eigenvalue weighted by Crippen LogP contribution is -2.48. The summed E-state index contributed by atoms with van der Waals surface area (Å²) in [5, 5.41) is 21.7. The first kappa shape index (κ1) is 33.3. The summed E-state index contributed by atoms with van der Waals surface area (Å²) in [6.45, 7) is 4.06. The molecule has 0 aliphatic carbocycles. The van der Waals surface area contributed by atoms with E-state index in [1.54, 1.807) is 11.8 Å². The Hall–Kier alpha value is -2.87. The fourth-order valence-corrected chi connectivity index (χ4v) is 5.12. The second-order valence-corrected chi connectivity index (χ2v) is 10.5. The maximum Gasteiger partial charge on any atom is 0.490 e. The molecular weight excluding hydrogens is 549 g/mol. The number of likely N-dealkylation sites (tertiary alicyclic amines) is 1. The number of carboxylic acids is 2. The van der Waals surface area contributed by atoms with E-state index >= 15 is 0 Å². The number of aliphatic carboxylic acids is 2. The van der Waals surface area contributed by atoms with E-state index in [1.165, 1.54) is 16.3 Å². The van der Waals surface area contributed by atoms with Gasteiger partial charge in [0.1, 0.15) is 6.04 Å². The molecule has 0 spiro atoms. The molecule has 13 heteroatoms. The summed E-state index contributed by atoms with van der Waals surface area (Å²) >= 11 is 1.58. The van der Waals surface area contributed by atoms with Gasteiger partial charge >= 0.3 is 18.1 Å². The zero-order valence-corrected chi connectivity index (χ0v) is 23.2. The molecule has 1 saturated heterocycles. The monoisotopic (exact) mass is 586 g/mol. The fraction of sp³-hybridized carbons (Fsp3) is 0.519. The fourth-order valence-electron chi connectivity index (χ4n) is 4.65. The molecule has 2 aromatic carbocycles. The van der Waals surface area contributed by atoms with Crippen LogP contribution in [0.5, 0.6) is 0 Å². The minimum Gasteiger partial charge on any atom is -0.480 e. The van der Waals surface area contributed by atoms with Gasteiger partial charge in [-0.2, -0.15) is 24.9 Å². The molecule has 40 heavy (non-hydrogen) atoms. The Labute approximate surface area is 235 Å². The number of carbonyl (C=O) groups is 3. The normalized spacial score (nSPS) is 16.4. The third kappa shape index (κ3) is 11.0. The van der Waals surface area contributed by atoms with Gasteiger partial charge < -0.3 is 21.3 Å². The summed E-state index contributed by atoms with van der Waals surface area (Å²) in [6.07, 6.45) is -0.520. The van der Waals surface area contributed by atoms with Crippen LogP contribution in [0.3, 0.4) is 0 Å². The van der Waals surface area contributed by atoms with Gasteiger partial charge in [-0.05, 0) is 54.2 Å². The van der Waals surface area contributed by atoms with Gasteiger partial charge in [-0.15, -0.1) is 0 Å². The minimum atomic E-state index is -5.08. The molecule has 1 aliphatic rings. The Morgan fingerprint density at radius 1 is 1.18 bits per heavy atom. The third-order valence-electron chi connectivity index (χ3n) is 6.51. The van der Waals surface area contributed by atoms with E-state index < -0.39 is 24.2 Å². The van der Waals surface area contributed by atoms with Gasteiger partial charge in [-0.3, -0.25) is 14.6 Å². The van der Waals surface area contributed by atoms with Gasteiger partial charge in [0, 0.05) is 32.2 Å². The predicted molar refractivity (Wildman–Crippen MR) is 149 cm³/mol. The molecule has 5 N–H and O–H groups in total. The number of fused-ring (bicyclic) bond motifs is 1. The first-order valence-electron chi connectivity index (χ1n) is 12.9. The van der Waals surface area contributed by atoms with Crippen LogP contribution in [-0.2, 0) is 20.9 Å². The smallest absolute Gasteiger partial charge is 0.480 e. The van der Waals surface area contributed by atoms with E-state index in [-0.39, 0.29) is 12.5 Å². The zero-order chi connectivity index (χ0) is 29.7.